The maximum Gasteiger partial charge on any atom is 0.337 e. The van der Waals surface area contributed by atoms with Crippen molar-refractivity contribution in [2.24, 2.45) is 0 Å². The number of nitrogens with one attached hydrogen (secondary N) is 1. The summed E-state index contributed by atoms with van der Waals surface area (Å²) in [6.45, 7) is 4.25. The molecule has 0 aliphatic heterocycles. The molecule has 2 N–H and O–H groups in total. The van der Waals surface area contributed by atoms with Crippen LogP contribution in [-0.4, -0.2) is 28.5 Å². The zero-order valence-corrected chi connectivity index (χ0v) is 13.8. The van der Waals surface area contributed by atoms with Crippen LogP contribution in [0.2, 0.25) is 0 Å². The minimum atomic E-state index is -1.04. The maximum atomic E-state index is 12.3. The monoisotopic (exact) mass is 324 g/mol. The highest BCUT2D eigenvalue weighted by atomic mass is 16.4. The minimum Gasteiger partial charge on any atom is -0.478 e. The standard InChI is InChI=1S/C19H20N2O3/c1-12-5-3-4-6-15(12)19(9-10-19)11-20-17(22)16-8-7-14(18(23)24)13(2)21-16/h3-8H,9-11H2,1-2H3,(H,20,22)(H,23,24). The van der Waals surface area contributed by atoms with E-state index in [-0.39, 0.29) is 22.6 Å². The van der Waals surface area contributed by atoms with Crippen LogP contribution in [-0.2, 0) is 5.41 Å². The number of carbonyl (C=O) groups is 2. The normalized spacial score (nSPS) is 14.9. The van der Waals surface area contributed by atoms with Crippen molar-refractivity contribution < 1.29 is 14.7 Å². The van der Waals surface area contributed by atoms with Gasteiger partial charge in [-0.15, -0.1) is 0 Å². The predicted octanol–water partition coefficient (Wildman–Crippen LogP) is 2.86. The molecule has 1 fully saturated rings. The molecule has 5 heteroatoms. The van der Waals surface area contributed by atoms with Crippen molar-refractivity contribution in [1.29, 1.82) is 0 Å². The van der Waals surface area contributed by atoms with Gasteiger partial charge in [-0.25, -0.2) is 9.78 Å². The number of amides is 1. The first-order chi connectivity index (χ1) is 11.4. The molecular weight excluding hydrogens is 304 g/mol. The number of nitrogens with zero attached hydrogens (tertiary/aromatic N) is 1. The molecule has 0 atom stereocenters. The van der Waals surface area contributed by atoms with E-state index in [1.807, 2.05) is 12.1 Å². The number of carboxylic acids is 1. The number of pyridine rings is 1. The van der Waals surface area contributed by atoms with Crippen LogP contribution < -0.4 is 5.32 Å². The SMILES string of the molecule is Cc1ccccc1C1(CNC(=O)c2ccc(C(=O)O)c(C)n2)CC1. The maximum absolute atomic E-state index is 12.3. The van der Waals surface area contributed by atoms with Gasteiger partial charge < -0.3 is 10.4 Å². The molecular formula is C19H20N2O3. The van der Waals surface area contributed by atoms with Crippen LogP contribution in [0.25, 0.3) is 0 Å². The molecule has 1 amide bonds. The number of rotatable bonds is 5. The third kappa shape index (κ3) is 3.02. The Morgan fingerprint density at radius 1 is 1.17 bits per heavy atom. The molecule has 0 spiro atoms. The fraction of sp³-hybridized carbons (Fsp3) is 0.316. The molecule has 1 heterocycles. The molecule has 0 bridgehead atoms. The zero-order chi connectivity index (χ0) is 17.3. The van der Waals surface area contributed by atoms with Gasteiger partial charge in [-0.2, -0.15) is 0 Å². The average Bonchev–Trinajstić information content (AvgIpc) is 3.33. The second-order valence-corrected chi connectivity index (χ2v) is 6.41. The number of hydrogen-bond donors (Lipinski definition) is 2. The van der Waals surface area contributed by atoms with Gasteiger partial charge in [-0.1, -0.05) is 24.3 Å². The fourth-order valence-electron chi connectivity index (χ4n) is 3.11. The van der Waals surface area contributed by atoms with Crippen molar-refractivity contribution >= 4 is 11.9 Å². The smallest absolute Gasteiger partial charge is 0.337 e. The lowest BCUT2D eigenvalue weighted by Gasteiger charge is -2.19. The van der Waals surface area contributed by atoms with Crippen molar-refractivity contribution in [3.05, 3.63) is 64.5 Å². The quantitative estimate of drug-likeness (QED) is 0.886. The largest absolute Gasteiger partial charge is 0.478 e. The summed E-state index contributed by atoms with van der Waals surface area (Å²) in [7, 11) is 0. The van der Waals surface area contributed by atoms with Crippen molar-refractivity contribution in [2.75, 3.05) is 6.54 Å². The van der Waals surface area contributed by atoms with Gasteiger partial charge in [-0.05, 0) is 49.9 Å². The zero-order valence-electron chi connectivity index (χ0n) is 13.8. The highest BCUT2D eigenvalue weighted by Gasteiger charge is 2.45. The first-order valence-corrected chi connectivity index (χ1v) is 7.98. The van der Waals surface area contributed by atoms with E-state index >= 15 is 0 Å². The predicted molar refractivity (Wildman–Crippen MR) is 90.4 cm³/mol. The molecule has 1 aliphatic carbocycles. The molecule has 3 rings (SSSR count). The van der Waals surface area contributed by atoms with E-state index in [2.05, 4.69) is 29.4 Å². The van der Waals surface area contributed by atoms with Crippen molar-refractivity contribution in [3.63, 3.8) is 0 Å². The van der Waals surface area contributed by atoms with E-state index in [0.717, 1.165) is 12.8 Å². The lowest BCUT2D eigenvalue weighted by molar-refractivity contribution is 0.0694. The number of carbonyl (C=O) groups excluding carboxylic acids is 1. The van der Waals surface area contributed by atoms with Gasteiger partial charge in [0.1, 0.15) is 5.69 Å². The van der Waals surface area contributed by atoms with Gasteiger partial charge in [0.2, 0.25) is 0 Å². The Kier molecular flexibility index (Phi) is 4.09. The van der Waals surface area contributed by atoms with E-state index in [4.69, 9.17) is 5.11 Å². The summed E-state index contributed by atoms with van der Waals surface area (Å²) in [6, 6.07) is 11.1. The summed E-state index contributed by atoms with van der Waals surface area (Å²) in [5, 5.41) is 12.0. The second-order valence-electron chi connectivity index (χ2n) is 6.41. The lowest BCUT2D eigenvalue weighted by atomic mass is 9.92. The number of aromatic carboxylic acids is 1. The van der Waals surface area contributed by atoms with Gasteiger partial charge in [0.05, 0.1) is 11.3 Å². The van der Waals surface area contributed by atoms with Crippen LogP contribution in [0.5, 0.6) is 0 Å². The molecule has 1 aliphatic rings. The molecule has 5 nitrogen and oxygen atoms in total. The Hall–Kier alpha value is -2.69. The Balaban J connectivity index is 1.71. The van der Waals surface area contributed by atoms with Crippen LogP contribution in [0, 0.1) is 13.8 Å². The van der Waals surface area contributed by atoms with Gasteiger partial charge in [0, 0.05) is 12.0 Å². The van der Waals surface area contributed by atoms with E-state index in [9.17, 15) is 9.59 Å². The summed E-state index contributed by atoms with van der Waals surface area (Å²) >= 11 is 0. The van der Waals surface area contributed by atoms with Gasteiger partial charge in [0.15, 0.2) is 0 Å². The molecule has 124 valence electrons. The number of carboxylic acid groups (broad SMARTS) is 1. The topological polar surface area (TPSA) is 79.3 Å². The van der Waals surface area contributed by atoms with E-state index in [1.54, 1.807) is 6.92 Å². The Bertz CT molecular complexity index is 810. The summed E-state index contributed by atoms with van der Waals surface area (Å²) in [4.78, 5) is 27.5. The second kappa shape index (κ2) is 6.07. The number of benzene rings is 1. The first-order valence-electron chi connectivity index (χ1n) is 7.98. The summed E-state index contributed by atoms with van der Waals surface area (Å²) < 4.78 is 0. The molecule has 2 aromatic rings. The van der Waals surface area contributed by atoms with Crippen LogP contribution in [0.15, 0.2) is 36.4 Å². The van der Waals surface area contributed by atoms with Crippen LogP contribution in [0.4, 0.5) is 0 Å². The third-order valence-electron chi connectivity index (χ3n) is 4.71. The minimum absolute atomic E-state index is 0.0249. The number of aromatic nitrogens is 1. The number of hydrogen-bond acceptors (Lipinski definition) is 3. The van der Waals surface area contributed by atoms with Gasteiger partial charge >= 0.3 is 5.97 Å². The van der Waals surface area contributed by atoms with E-state index in [1.165, 1.54) is 23.3 Å². The van der Waals surface area contributed by atoms with E-state index < -0.39 is 5.97 Å². The van der Waals surface area contributed by atoms with E-state index in [0.29, 0.717) is 12.2 Å². The lowest BCUT2D eigenvalue weighted by Crippen LogP contribution is -2.33. The molecule has 24 heavy (non-hydrogen) atoms. The molecule has 1 saturated carbocycles. The van der Waals surface area contributed by atoms with Gasteiger partial charge in [0.25, 0.3) is 5.91 Å². The fourth-order valence-corrected chi connectivity index (χ4v) is 3.11. The van der Waals surface area contributed by atoms with Crippen LogP contribution >= 0.6 is 0 Å². The Morgan fingerprint density at radius 2 is 1.88 bits per heavy atom. The average molecular weight is 324 g/mol. The molecule has 0 radical (unpaired) electrons. The first kappa shape index (κ1) is 16.2. The molecule has 1 aromatic heterocycles. The highest BCUT2D eigenvalue weighted by molar-refractivity contribution is 5.94. The molecule has 0 saturated heterocycles. The highest BCUT2D eigenvalue weighted by Crippen LogP contribution is 2.48. The Morgan fingerprint density at radius 3 is 2.46 bits per heavy atom. The van der Waals surface area contributed by atoms with Crippen LogP contribution in [0.1, 0.15) is 50.5 Å². The third-order valence-corrected chi connectivity index (χ3v) is 4.71. The van der Waals surface area contributed by atoms with Crippen molar-refractivity contribution in [1.82, 2.24) is 10.3 Å². The van der Waals surface area contributed by atoms with Crippen molar-refractivity contribution in [3.8, 4) is 0 Å². The summed E-state index contributed by atoms with van der Waals surface area (Å²) in [6.07, 6.45) is 2.12. The number of aryl methyl sites for hydroxylation is 2. The molecule has 0 unspecified atom stereocenters. The summed E-state index contributed by atoms with van der Waals surface area (Å²) in [5.74, 6) is -1.31. The molecule has 1 aromatic carbocycles. The van der Waals surface area contributed by atoms with Crippen molar-refractivity contribution in [2.45, 2.75) is 32.1 Å². The van der Waals surface area contributed by atoms with Crippen LogP contribution in [0.3, 0.4) is 0 Å². The van der Waals surface area contributed by atoms with Gasteiger partial charge in [-0.3, -0.25) is 4.79 Å². The Labute approximate surface area is 140 Å². The summed E-state index contributed by atoms with van der Waals surface area (Å²) in [5.41, 5.74) is 3.26.